The van der Waals surface area contributed by atoms with Crippen LogP contribution in [0.15, 0.2) is 48.5 Å². The summed E-state index contributed by atoms with van der Waals surface area (Å²) in [6.45, 7) is 1.49. The van der Waals surface area contributed by atoms with E-state index in [0.29, 0.717) is 6.61 Å². The Labute approximate surface area is 125 Å². The molecule has 21 heavy (non-hydrogen) atoms. The smallest absolute Gasteiger partial charge is 0.119 e. The number of para-hydroxylation sites is 1. The number of methoxy groups -OCH3 is 1. The highest BCUT2D eigenvalue weighted by molar-refractivity contribution is 5.52. The Morgan fingerprint density at radius 1 is 1.14 bits per heavy atom. The van der Waals surface area contributed by atoms with Gasteiger partial charge >= 0.3 is 0 Å². The first-order valence-corrected chi connectivity index (χ1v) is 7.41. The maximum Gasteiger partial charge on any atom is 0.119 e. The van der Waals surface area contributed by atoms with Crippen LogP contribution < -0.4 is 10.1 Å². The summed E-state index contributed by atoms with van der Waals surface area (Å²) in [7, 11) is 1.69. The zero-order valence-electron chi connectivity index (χ0n) is 12.3. The predicted octanol–water partition coefficient (Wildman–Crippen LogP) is 3.64. The van der Waals surface area contributed by atoms with Crippen molar-refractivity contribution in [2.24, 2.45) is 0 Å². The van der Waals surface area contributed by atoms with Crippen LogP contribution in [-0.4, -0.2) is 19.8 Å². The lowest BCUT2D eigenvalue weighted by molar-refractivity contribution is 0.0447. The molecule has 0 fully saturated rings. The molecule has 3 nitrogen and oxygen atoms in total. The molecule has 0 amide bonds. The molecule has 0 aromatic heterocycles. The van der Waals surface area contributed by atoms with Gasteiger partial charge in [0.1, 0.15) is 5.75 Å². The molecule has 0 saturated heterocycles. The lowest BCUT2D eigenvalue weighted by Gasteiger charge is -2.16. The Hall–Kier alpha value is -2.00. The molecule has 3 heteroatoms. The third-order valence-corrected chi connectivity index (χ3v) is 3.89. The summed E-state index contributed by atoms with van der Waals surface area (Å²) in [6, 6.07) is 16.5. The average Bonchev–Trinajstić information content (AvgIpc) is 2.76. The van der Waals surface area contributed by atoms with Gasteiger partial charge in [0.05, 0.1) is 19.8 Å². The molecule has 1 aliphatic heterocycles. The minimum absolute atomic E-state index is 0.239. The number of benzene rings is 2. The maximum absolute atomic E-state index is 6.06. The minimum atomic E-state index is 0.239. The first-order chi connectivity index (χ1) is 10.3. The SMILES string of the molecule is COc1cccc(COC2CCc3ccccc3NC2)c1. The molecule has 1 unspecified atom stereocenters. The maximum atomic E-state index is 6.06. The van der Waals surface area contributed by atoms with E-state index in [2.05, 4.69) is 35.6 Å². The van der Waals surface area contributed by atoms with Crippen molar-refractivity contribution < 1.29 is 9.47 Å². The molecule has 0 bridgehead atoms. The molecule has 0 spiro atoms. The molecule has 0 saturated carbocycles. The second-order valence-corrected chi connectivity index (χ2v) is 5.36. The zero-order valence-corrected chi connectivity index (χ0v) is 12.3. The van der Waals surface area contributed by atoms with Crippen LogP contribution in [0.1, 0.15) is 17.5 Å². The summed E-state index contributed by atoms with van der Waals surface area (Å²) in [6.07, 6.45) is 2.35. The van der Waals surface area contributed by atoms with Gasteiger partial charge in [-0.3, -0.25) is 0 Å². The van der Waals surface area contributed by atoms with Crippen LogP contribution >= 0.6 is 0 Å². The molecule has 3 rings (SSSR count). The molecule has 1 N–H and O–H groups in total. The van der Waals surface area contributed by atoms with Crippen molar-refractivity contribution in [3.8, 4) is 5.75 Å². The summed E-state index contributed by atoms with van der Waals surface area (Å²) in [5.41, 5.74) is 3.77. The van der Waals surface area contributed by atoms with Gasteiger partial charge in [0.15, 0.2) is 0 Å². The summed E-state index contributed by atoms with van der Waals surface area (Å²) >= 11 is 0. The predicted molar refractivity (Wildman–Crippen MR) is 84.8 cm³/mol. The fourth-order valence-electron chi connectivity index (χ4n) is 2.67. The van der Waals surface area contributed by atoms with Gasteiger partial charge in [-0.15, -0.1) is 0 Å². The van der Waals surface area contributed by atoms with Crippen LogP contribution in [0.4, 0.5) is 5.69 Å². The van der Waals surface area contributed by atoms with Crippen molar-refractivity contribution in [1.29, 1.82) is 0 Å². The van der Waals surface area contributed by atoms with Crippen molar-refractivity contribution in [2.75, 3.05) is 19.0 Å². The largest absolute Gasteiger partial charge is 0.497 e. The Morgan fingerprint density at radius 2 is 2.05 bits per heavy atom. The second-order valence-electron chi connectivity index (χ2n) is 5.36. The lowest BCUT2D eigenvalue weighted by Crippen LogP contribution is -2.21. The molecular weight excluding hydrogens is 262 g/mol. The number of hydrogen-bond acceptors (Lipinski definition) is 3. The van der Waals surface area contributed by atoms with Gasteiger partial charge in [-0.2, -0.15) is 0 Å². The quantitative estimate of drug-likeness (QED) is 0.929. The second kappa shape index (κ2) is 6.64. The number of anilines is 1. The average molecular weight is 283 g/mol. The molecule has 0 radical (unpaired) electrons. The van der Waals surface area contributed by atoms with E-state index in [1.807, 2.05) is 18.2 Å². The van der Waals surface area contributed by atoms with Crippen LogP contribution in [0.3, 0.4) is 0 Å². The third kappa shape index (κ3) is 3.56. The van der Waals surface area contributed by atoms with E-state index in [1.54, 1.807) is 7.11 Å². The Balaban J connectivity index is 1.57. The van der Waals surface area contributed by atoms with Crippen molar-refractivity contribution in [1.82, 2.24) is 0 Å². The first-order valence-electron chi connectivity index (χ1n) is 7.41. The fourth-order valence-corrected chi connectivity index (χ4v) is 2.67. The highest BCUT2D eigenvalue weighted by Gasteiger charge is 2.15. The number of hydrogen-bond donors (Lipinski definition) is 1. The minimum Gasteiger partial charge on any atom is -0.497 e. The number of nitrogens with one attached hydrogen (secondary N) is 1. The summed E-state index contributed by atoms with van der Waals surface area (Å²) in [5.74, 6) is 0.877. The molecule has 0 aliphatic carbocycles. The van der Waals surface area contributed by atoms with Gasteiger partial charge in [-0.25, -0.2) is 0 Å². The monoisotopic (exact) mass is 283 g/mol. The lowest BCUT2D eigenvalue weighted by atomic mass is 10.1. The van der Waals surface area contributed by atoms with Gasteiger partial charge in [-0.05, 0) is 42.2 Å². The molecule has 2 aromatic carbocycles. The molecule has 2 aromatic rings. The van der Waals surface area contributed by atoms with Gasteiger partial charge in [-0.1, -0.05) is 30.3 Å². The van der Waals surface area contributed by atoms with E-state index in [-0.39, 0.29) is 6.10 Å². The molecule has 1 aliphatic rings. The normalized spacial score (nSPS) is 17.5. The van der Waals surface area contributed by atoms with Gasteiger partial charge < -0.3 is 14.8 Å². The van der Waals surface area contributed by atoms with E-state index in [9.17, 15) is 0 Å². The van der Waals surface area contributed by atoms with Crippen LogP contribution in [0, 0.1) is 0 Å². The highest BCUT2D eigenvalue weighted by Crippen LogP contribution is 2.22. The zero-order chi connectivity index (χ0) is 14.5. The number of rotatable bonds is 4. The standard InChI is InChI=1S/C18H21NO2/c1-20-16-7-4-5-14(11-16)13-21-17-10-9-15-6-2-3-8-18(15)19-12-17/h2-8,11,17,19H,9-10,12-13H2,1H3. The van der Waals surface area contributed by atoms with Crippen molar-refractivity contribution in [3.05, 3.63) is 59.7 Å². The fraction of sp³-hybridized carbons (Fsp3) is 0.333. The van der Waals surface area contributed by atoms with Crippen LogP contribution in [0.5, 0.6) is 5.75 Å². The van der Waals surface area contributed by atoms with E-state index >= 15 is 0 Å². The van der Waals surface area contributed by atoms with E-state index in [0.717, 1.165) is 30.7 Å². The van der Waals surface area contributed by atoms with Crippen LogP contribution in [-0.2, 0) is 17.8 Å². The van der Waals surface area contributed by atoms with E-state index in [4.69, 9.17) is 9.47 Å². The molecule has 1 atom stereocenters. The van der Waals surface area contributed by atoms with Gasteiger partial charge in [0.25, 0.3) is 0 Å². The van der Waals surface area contributed by atoms with Crippen LogP contribution in [0.2, 0.25) is 0 Å². The molecular formula is C18H21NO2. The number of ether oxygens (including phenoxy) is 2. The number of fused-ring (bicyclic) bond motifs is 1. The topological polar surface area (TPSA) is 30.5 Å². The Kier molecular flexibility index (Phi) is 4.41. The Bertz CT molecular complexity index is 570. The van der Waals surface area contributed by atoms with Gasteiger partial charge in [0.2, 0.25) is 0 Å². The van der Waals surface area contributed by atoms with E-state index in [1.165, 1.54) is 11.3 Å². The summed E-state index contributed by atoms with van der Waals surface area (Å²) < 4.78 is 11.3. The van der Waals surface area contributed by atoms with Crippen molar-refractivity contribution in [3.63, 3.8) is 0 Å². The Morgan fingerprint density at radius 3 is 2.95 bits per heavy atom. The summed E-state index contributed by atoms with van der Waals surface area (Å²) in [4.78, 5) is 0. The first kappa shape index (κ1) is 14.0. The molecule has 110 valence electrons. The highest BCUT2D eigenvalue weighted by atomic mass is 16.5. The summed E-state index contributed by atoms with van der Waals surface area (Å²) in [5, 5.41) is 3.48. The van der Waals surface area contributed by atoms with E-state index < -0.39 is 0 Å². The van der Waals surface area contributed by atoms with Crippen molar-refractivity contribution in [2.45, 2.75) is 25.6 Å². The van der Waals surface area contributed by atoms with Crippen molar-refractivity contribution >= 4 is 5.69 Å². The third-order valence-electron chi connectivity index (χ3n) is 3.89. The van der Waals surface area contributed by atoms with Gasteiger partial charge in [0, 0.05) is 12.2 Å². The number of aryl methyl sites for hydroxylation is 1. The molecule has 1 heterocycles. The van der Waals surface area contributed by atoms with Crippen LogP contribution in [0.25, 0.3) is 0 Å².